The molecule has 0 unspecified atom stereocenters. The Morgan fingerprint density at radius 3 is 2.83 bits per heavy atom. The third-order valence-electron chi connectivity index (χ3n) is 2.35. The van der Waals surface area contributed by atoms with Crippen molar-refractivity contribution in [2.45, 2.75) is 6.61 Å². The third-order valence-corrected chi connectivity index (χ3v) is 2.59. The molecule has 1 heterocycles. The first-order chi connectivity index (χ1) is 8.66. The number of aromatic nitrogens is 1. The average molecular weight is 262 g/mol. The maximum Gasteiger partial charge on any atom is 0.214 e. The summed E-state index contributed by atoms with van der Waals surface area (Å²) >= 11 is 4.85. The molecule has 2 N–H and O–H groups in total. The Balaban J connectivity index is 2.09. The number of hydrogen-bond donors (Lipinski definition) is 1. The molecule has 0 aliphatic rings. The van der Waals surface area contributed by atoms with Gasteiger partial charge in [0.25, 0.3) is 0 Å². The van der Waals surface area contributed by atoms with Crippen molar-refractivity contribution in [1.82, 2.24) is 4.98 Å². The average Bonchev–Trinajstić information content (AvgIpc) is 2.38. The number of halogens is 1. The summed E-state index contributed by atoms with van der Waals surface area (Å²) in [6.45, 7) is 0.112. The molecule has 0 saturated carbocycles. The minimum Gasteiger partial charge on any atom is -0.473 e. The molecule has 1 aromatic heterocycles. The summed E-state index contributed by atoms with van der Waals surface area (Å²) in [5, 5.41) is 0. The quantitative estimate of drug-likeness (QED) is 0.860. The number of nitrogens with two attached hydrogens (primary N) is 1. The van der Waals surface area contributed by atoms with Gasteiger partial charge in [-0.05, 0) is 12.1 Å². The van der Waals surface area contributed by atoms with E-state index in [1.54, 1.807) is 36.5 Å². The summed E-state index contributed by atoms with van der Waals surface area (Å²) in [4.78, 5) is 4.28. The van der Waals surface area contributed by atoms with E-state index in [0.29, 0.717) is 17.0 Å². The second-order valence-electron chi connectivity index (χ2n) is 3.63. The molecule has 2 aromatic rings. The largest absolute Gasteiger partial charge is 0.473 e. The molecule has 0 saturated heterocycles. The van der Waals surface area contributed by atoms with Crippen LogP contribution in [0.2, 0.25) is 0 Å². The molecular weight excluding hydrogens is 251 g/mol. The number of pyridine rings is 1. The number of hydrogen-bond acceptors (Lipinski definition) is 3. The SMILES string of the molecule is NC(=S)c1ccnc(OCc2ccccc2F)c1. The van der Waals surface area contributed by atoms with Gasteiger partial charge < -0.3 is 10.5 Å². The first-order valence-electron chi connectivity index (χ1n) is 5.29. The van der Waals surface area contributed by atoms with Crippen LogP contribution in [-0.4, -0.2) is 9.97 Å². The number of thiocarbonyl (C=S) groups is 1. The first kappa shape index (κ1) is 12.4. The maximum atomic E-state index is 13.4. The molecule has 0 aliphatic carbocycles. The van der Waals surface area contributed by atoms with E-state index in [1.165, 1.54) is 6.07 Å². The lowest BCUT2D eigenvalue weighted by Crippen LogP contribution is -2.10. The predicted molar refractivity (Wildman–Crippen MR) is 70.9 cm³/mol. The summed E-state index contributed by atoms with van der Waals surface area (Å²) in [6.07, 6.45) is 1.55. The Bertz CT molecular complexity index is 574. The van der Waals surface area contributed by atoms with Gasteiger partial charge in [0.1, 0.15) is 17.4 Å². The van der Waals surface area contributed by atoms with Crippen molar-refractivity contribution < 1.29 is 9.13 Å². The highest BCUT2D eigenvalue weighted by atomic mass is 32.1. The standard InChI is InChI=1S/C13H11FN2OS/c14-11-4-2-1-3-10(11)8-17-12-7-9(13(15)18)5-6-16-12/h1-7H,8H2,(H2,15,18). The zero-order chi connectivity index (χ0) is 13.0. The number of ether oxygens (including phenoxy) is 1. The number of nitrogens with zero attached hydrogens (tertiary/aromatic N) is 1. The van der Waals surface area contributed by atoms with Crippen molar-refractivity contribution in [3.8, 4) is 5.88 Å². The molecule has 0 aliphatic heterocycles. The van der Waals surface area contributed by atoms with Gasteiger partial charge in [-0.3, -0.25) is 0 Å². The molecule has 0 fully saturated rings. The predicted octanol–water partition coefficient (Wildman–Crippen LogP) is 2.43. The van der Waals surface area contributed by atoms with Gasteiger partial charge in [0.05, 0.1) is 0 Å². The van der Waals surface area contributed by atoms with E-state index in [4.69, 9.17) is 22.7 Å². The van der Waals surface area contributed by atoms with Crippen molar-refractivity contribution >= 4 is 17.2 Å². The lowest BCUT2D eigenvalue weighted by molar-refractivity contribution is 0.288. The molecule has 92 valence electrons. The molecule has 0 atom stereocenters. The van der Waals surface area contributed by atoms with Crippen LogP contribution in [0.3, 0.4) is 0 Å². The summed E-state index contributed by atoms with van der Waals surface area (Å²) in [7, 11) is 0. The molecule has 3 nitrogen and oxygen atoms in total. The Kier molecular flexibility index (Phi) is 3.84. The molecule has 5 heteroatoms. The van der Waals surface area contributed by atoms with Crippen LogP contribution in [0, 0.1) is 5.82 Å². The zero-order valence-corrected chi connectivity index (χ0v) is 10.3. The van der Waals surface area contributed by atoms with E-state index >= 15 is 0 Å². The van der Waals surface area contributed by atoms with Crippen molar-refractivity contribution in [2.75, 3.05) is 0 Å². The normalized spacial score (nSPS) is 10.1. The number of benzene rings is 1. The van der Waals surface area contributed by atoms with Gasteiger partial charge in [-0.2, -0.15) is 0 Å². The zero-order valence-electron chi connectivity index (χ0n) is 9.47. The van der Waals surface area contributed by atoms with Gasteiger partial charge in [0.15, 0.2) is 0 Å². The van der Waals surface area contributed by atoms with Crippen molar-refractivity contribution in [2.24, 2.45) is 5.73 Å². The molecule has 18 heavy (non-hydrogen) atoms. The summed E-state index contributed by atoms with van der Waals surface area (Å²) in [6, 6.07) is 9.75. The summed E-state index contributed by atoms with van der Waals surface area (Å²) in [5.41, 5.74) is 6.64. The van der Waals surface area contributed by atoms with Crippen molar-refractivity contribution in [3.63, 3.8) is 0 Å². The summed E-state index contributed by atoms with van der Waals surface area (Å²) in [5.74, 6) is 0.0616. The van der Waals surface area contributed by atoms with E-state index in [2.05, 4.69) is 4.98 Å². The fourth-order valence-electron chi connectivity index (χ4n) is 1.41. The lowest BCUT2D eigenvalue weighted by atomic mass is 10.2. The van der Waals surface area contributed by atoms with Crippen LogP contribution in [0.4, 0.5) is 4.39 Å². The van der Waals surface area contributed by atoms with E-state index in [1.807, 2.05) is 0 Å². The van der Waals surface area contributed by atoms with Crippen LogP contribution in [0.25, 0.3) is 0 Å². The Labute approximate surface area is 109 Å². The minimum atomic E-state index is -0.303. The van der Waals surface area contributed by atoms with E-state index in [-0.39, 0.29) is 17.4 Å². The second kappa shape index (κ2) is 5.55. The van der Waals surface area contributed by atoms with Gasteiger partial charge in [-0.25, -0.2) is 9.37 Å². The second-order valence-corrected chi connectivity index (χ2v) is 4.07. The molecule has 0 radical (unpaired) electrons. The van der Waals surface area contributed by atoms with Crippen LogP contribution >= 0.6 is 12.2 Å². The Hall–Kier alpha value is -2.01. The van der Waals surface area contributed by atoms with E-state index in [0.717, 1.165) is 0 Å². The van der Waals surface area contributed by atoms with Gasteiger partial charge in [-0.1, -0.05) is 30.4 Å². The topological polar surface area (TPSA) is 48.1 Å². The lowest BCUT2D eigenvalue weighted by Gasteiger charge is -2.07. The molecule has 0 amide bonds. The third kappa shape index (κ3) is 3.01. The highest BCUT2D eigenvalue weighted by Gasteiger charge is 2.04. The highest BCUT2D eigenvalue weighted by Crippen LogP contribution is 2.13. The number of rotatable bonds is 4. The molecule has 0 spiro atoms. The van der Waals surface area contributed by atoms with Crippen LogP contribution in [0.15, 0.2) is 42.6 Å². The highest BCUT2D eigenvalue weighted by molar-refractivity contribution is 7.80. The van der Waals surface area contributed by atoms with E-state index in [9.17, 15) is 4.39 Å². The van der Waals surface area contributed by atoms with E-state index < -0.39 is 0 Å². The maximum absolute atomic E-state index is 13.4. The molecular formula is C13H11FN2OS. The van der Waals surface area contributed by atoms with Crippen LogP contribution in [-0.2, 0) is 6.61 Å². The van der Waals surface area contributed by atoms with Crippen molar-refractivity contribution in [1.29, 1.82) is 0 Å². The first-order valence-corrected chi connectivity index (χ1v) is 5.69. The fourth-order valence-corrected chi connectivity index (χ4v) is 1.54. The minimum absolute atomic E-state index is 0.112. The van der Waals surface area contributed by atoms with Crippen LogP contribution in [0.5, 0.6) is 5.88 Å². The van der Waals surface area contributed by atoms with Gasteiger partial charge in [0, 0.05) is 23.4 Å². The van der Waals surface area contributed by atoms with Crippen LogP contribution < -0.4 is 10.5 Å². The summed E-state index contributed by atoms with van der Waals surface area (Å²) < 4.78 is 18.8. The molecule has 1 aromatic carbocycles. The Morgan fingerprint density at radius 1 is 1.33 bits per heavy atom. The molecule has 2 rings (SSSR count). The Morgan fingerprint density at radius 2 is 2.11 bits per heavy atom. The van der Waals surface area contributed by atoms with Gasteiger partial charge >= 0.3 is 0 Å². The van der Waals surface area contributed by atoms with Gasteiger partial charge in [0.2, 0.25) is 5.88 Å². The fraction of sp³-hybridized carbons (Fsp3) is 0.0769. The van der Waals surface area contributed by atoms with Crippen LogP contribution in [0.1, 0.15) is 11.1 Å². The molecule has 0 bridgehead atoms. The van der Waals surface area contributed by atoms with Crippen molar-refractivity contribution in [3.05, 3.63) is 59.5 Å². The monoisotopic (exact) mass is 262 g/mol. The van der Waals surface area contributed by atoms with Gasteiger partial charge in [-0.15, -0.1) is 0 Å². The smallest absolute Gasteiger partial charge is 0.214 e.